The molecule has 6 rings (SSSR count). The van der Waals surface area contributed by atoms with E-state index >= 15 is 0 Å². The first-order valence-corrected chi connectivity index (χ1v) is 10.9. The number of benzene rings is 3. The van der Waals surface area contributed by atoms with Crippen molar-refractivity contribution in [1.82, 2.24) is 9.97 Å². The van der Waals surface area contributed by atoms with E-state index in [0.29, 0.717) is 0 Å². The molecular formula is C30H20N2O. The summed E-state index contributed by atoms with van der Waals surface area (Å²) in [7, 11) is 0. The van der Waals surface area contributed by atoms with Crippen molar-refractivity contribution in [2.45, 2.75) is 0 Å². The van der Waals surface area contributed by atoms with E-state index in [-0.39, 0.29) is 0 Å². The van der Waals surface area contributed by atoms with Crippen LogP contribution in [0.5, 0.6) is 0 Å². The zero-order valence-electron chi connectivity index (χ0n) is 17.8. The van der Waals surface area contributed by atoms with Gasteiger partial charge in [0, 0.05) is 40.7 Å². The molecule has 0 saturated heterocycles. The number of nitrogens with zero attached hydrogens (tertiary/aromatic N) is 2. The summed E-state index contributed by atoms with van der Waals surface area (Å²) < 4.78 is 6.05. The van der Waals surface area contributed by atoms with E-state index in [1.54, 1.807) is 12.4 Å². The van der Waals surface area contributed by atoms with Crippen LogP contribution in [0.15, 0.2) is 126 Å². The third-order valence-electron chi connectivity index (χ3n) is 5.84. The van der Waals surface area contributed by atoms with Crippen molar-refractivity contribution >= 4 is 11.0 Å². The molecule has 0 radical (unpaired) electrons. The summed E-state index contributed by atoms with van der Waals surface area (Å²) in [5.41, 5.74) is 8.53. The van der Waals surface area contributed by atoms with Gasteiger partial charge >= 0.3 is 0 Å². The molecular weight excluding hydrogens is 404 g/mol. The highest BCUT2D eigenvalue weighted by Crippen LogP contribution is 2.32. The molecule has 156 valence electrons. The van der Waals surface area contributed by atoms with Gasteiger partial charge in [0.05, 0.1) is 5.69 Å². The van der Waals surface area contributed by atoms with Gasteiger partial charge in [0.15, 0.2) is 0 Å². The molecule has 0 spiro atoms. The lowest BCUT2D eigenvalue weighted by Gasteiger charge is -2.07. The van der Waals surface area contributed by atoms with Gasteiger partial charge in [-0.1, -0.05) is 60.7 Å². The average Bonchev–Trinajstić information content (AvgIpc) is 3.34. The molecule has 0 amide bonds. The molecule has 0 aliphatic heterocycles. The maximum atomic E-state index is 6.05. The Morgan fingerprint density at radius 1 is 0.515 bits per heavy atom. The van der Waals surface area contributed by atoms with Crippen LogP contribution >= 0.6 is 0 Å². The van der Waals surface area contributed by atoms with E-state index in [1.165, 1.54) is 5.56 Å². The first kappa shape index (κ1) is 19.2. The van der Waals surface area contributed by atoms with Crippen LogP contribution in [0.2, 0.25) is 0 Å². The van der Waals surface area contributed by atoms with Crippen molar-refractivity contribution in [3.63, 3.8) is 0 Å². The van der Waals surface area contributed by atoms with Gasteiger partial charge < -0.3 is 4.42 Å². The molecule has 0 N–H and O–H groups in total. The second-order valence-electron chi connectivity index (χ2n) is 7.98. The molecule has 3 aromatic carbocycles. The van der Waals surface area contributed by atoms with Crippen molar-refractivity contribution in [1.29, 1.82) is 0 Å². The SMILES string of the molecule is c1ccc(-c2ccc(-c3cccc(-c4ccc5oc(-c6ccncc6)cc5c4)c3)nc2)cc1. The molecule has 0 aliphatic rings. The number of rotatable bonds is 4. The quantitative estimate of drug-likeness (QED) is 0.289. The van der Waals surface area contributed by atoms with Crippen LogP contribution in [-0.2, 0) is 0 Å². The van der Waals surface area contributed by atoms with Crippen molar-refractivity contribution in [2.24, 2.45) is 0 Å². The molecule has 3 heterocycles. The van der Waals surface area contributed by atoms with Crippen LogP contribution in [0.4, 0.5) is 0 Å². The van der Waals surface area contributed by atoms with Crippen LogP contribution in [-0.4, -0.2) is 9.97 Å². The highest BCUT2D eigenvalue weighted by molar-refractivity contribution is 5.87. The Bertz CT molecular complexity index is 1540. The van der Waals surface area contributed by atoms with Gasteiger partial charge in [-0.2, -0.15) is 0 Å². The molecule has 0 unspecified atom stereocenters. The fraction of sp³-hybridized carbons (Fsp3) is 0. The van der Waals surface area contributed by atoms with E-state index < -0.39 is 0 Å². The number of hydrogen-bond acceptors (Lipinski definition) is 3. The smallest absolute Gasteiger partial charge is 0.135 e. The largest absolute Gasteiger partial charge is 0.456 e. The lowest BCUT2D eigenvalue weighted by atomic mass is 10.00. The van der Waals surface area contributed by atoms with Crippen LogP contribution in [0.25, 0.3) is 55.8 Å². The highest BCUT2D eigenvalue weighted by Gasteiger charge is 2.09. The first-order valence-electron chi connectivity index (χ1n) is 10.9. The van der Waals surface area contributed by atoms with Gasteiger partial charge in [-0.15, -0.1) is 0 Å². The number of fused-ring (bicyclic) bond motifs is 1. The Kier molecular flexibility index (Phi) is 4.78. The predicted molar refractivity (Wildman–Crippen MR) is 134 cm³/mol. The zero-order valence-corrected chi connectivity index (χ0v) is 17.8. The molecule has 0 saturated carbocycles. The first-order chi connectivity index (χ1) is 16.3. The lowest BCUT2D eigenvalue weighted by molar-refractivity contribution is 0.631. The Hall–Kier alpha value is -4.50. The summed E-state index contributed by atoms with van der Waals surface area (Å²) in [5, 5.41) is 1.08. The van der Waals surface area contributed by atoms with E-state index in [4.69, 9.17) is 9.40 Å². The lowest BCUT2D eigenvalue weighted by Crippen LogP contribution is -1.86. The summed E-state index contributed by atoms with van der Waals surface area (Å²) in [6.07, 6.45) is 5.50. The maximum Gasteiger partial charge on any atom is 0.135 e. The second kappa shape index (κ2) is 8.21. The summed E-state index contributed by atoms with van der Waals surface area (Å²) in [6, 6.07) is 35.4. The maximum absolute atomic E-state index is 6.05. The summed E-state index contributed by atoms with van der Waals surface area (Å²) in [4.78, 5) is 8.81. The van der Waals surface area contributed by atoms with Crippen molar-refractivity contribution in [3.05, 3.63) is 122 Å². The van der Waals surface area contributed by atoms with Gasteiger partial charge in [-0.3, -0.25) is 9.97 Å². The Morgan fingerprint density at radius 3 is 2.09 bits per heavy atom. The summed E-state index contributed by atoms with van der Waals surface area (Å²) in [6.45, 7) is 0. The zero-order chi connectivity index (χ0) is 22.0. The van der Waals surface area contributed by atoms with Gasteiger partial charge in [-0.05, 0) is 59.2 Å². The minimum absolute atomic E-state index is 0.848. The molecule has 6 aromatic rings. The van der Waals surface area contributed by atoms with E-state index in [0.717, 1.165) is 50.2 Å². The molecule has 0 fully saturated rings. The third kappa shape index (κ3) is 3.81. The topological polar surface area (TPSA) is 38.9 Å². The Morgan fingerprint density at radius 2 is 1.27 bits per heavy atom. The molecule has 3 heteroatoms. The minimum Gasteiger partial charge on any atom is -0.456 e. The molecule has 0 aliphatic carbocycles. The van der Waals surface area contributed by atoms with Gasteiger partial charge in [0.25, 0.3) is 0 Å². The molecule has 0 atom stereocenters. The van der Waals surface area contributed by atoms with Gasteiger partial charge in [0.2, 0.25) is 0 Å². The molecule has 3 nitrogen and oxygen atoms in total. The van der Waals surface area contributed by atoms with E-state index in [1.807, 2.05) is 42.6 Å². The van der Waals surface area contributed by atoms with Crippen LogP contribution in [0.3, 0.4) is 0 Å². The number of hydrogen-bond donors (Lipinski definition) is 0. The summed E-state index contributed by atoms with van der Waals surface area (Å²) in [5.74, 6) is 0.848. The van der Waals surface area contributed by atoms with Crippen LogP contribution < -0.4 is 0 Å². The number of furan rings is 1. The minimum atomic E-state index is 0.848. The fourth-order valence-corrected chi connectivity index (χ4v) is 4.11. The second-order valence-corrected chi connectivity index (χ2v) is 7.98. The third-order valence-corrected chi connectivity index (χ3v) is 5.84. The Labute approximate surface area is 192 Å². The van der Waals surface area contributed by atoms with Crippen molar-refractivity contribution in [2.75, 3.05) is 0 Å². The Balaban J connectivity index is 1.32. The van der Waals surface area contributed by atoms with E-state index in [2.05, 4.69) is 71.7 Å². The molecule has 3 aromatic heterocycles. The number of aromatic nitrogens is 2. The predicted octanol–water partition coefficient (Wildman–Crippen LogP) is 7.89. The van der Waals surface area contributed by atoms with Crippen LogP contribution in [0.1, 0.15) is 0 Å². The van der Waals surface area contributed by atoms with Gasteiger partial charge in [-0.25, -0.2) is 0 Å². The normalized spacial score (nSPS) is 11.0. The molecule has 33 heavy (non-hydrogen) atoms. The van der Waals surface area contributed by atoms with Crippen molar-refractivity contribution < 1.29 is 4.42 Å². The number of pyridine rings is 2. The molecule has 0 bridgehead atoms. The standard InChI is InChI=1S/C30H20N2O/c1-2-5-21(6-3-1)26-9-11-28(32-20-26)25-8-4-7-23(17-25)24-10-12-29-27(18-24)19-30(33-29)22-13-15-31-16-14-22/h1-20H. The fourth-order valence-electron chi connectivity index (χ4n) is 4.11. The van der Waals surface area contributed by atoms with Crippen molar-refractivity contribution in [3.8, 4) is 44.8 Å². The van der Waals surface area contributed by atoms with Crippen LogP contribution in [0, 0.1) is 0 Å². The van der Waals surface area contributed by atoms with Gasteiger partial charge in [0.1, 0.15) is 11.3 Å². The summed E-state index contributed by atoms with van der Waals surface area (Å²) >= 11 is 0. The average molecular weight is 425 g/mol. The van der Waals surface area contributed by atoms with E-state index in [9.17, 15) is 0 Å². The highest BCUT2D eigenvalue weighted by atomic mass is 16.3. The monoisotopic (exact) mass is 424 g/mol.